The topological polar surface area (TPSA) is 166 Å². The highest BCUT2D eigenvalue weighted by molar-refractivity contribution is 5.89. The molecular weight excluding hydrogens is 835 g/mol. The summed E-state index contributed by atoms with van der Waals surface area (Å²) in [6.07, 6.45) is 2.64. The number of phenolic OH excluding ortho intramolecular Hbond substituents is 1. The highest BCUT2D eigenvalue weighted by Crippen LogP contribution is 2.32. The lowest BCUT2D eigenvalue weighted by Crippen LogP contribution is -2.52. The second kappa shape index (κ2) is 20.7. The zero-order valence-electron chi connectivity index (χ0n) is 36.9. The Bertz CT molecular complexity index is 2640. The standard InChI is InChI=1S/C53H57N5O8/c59-46-19-17-44(45-18-20-49(61)55-51(45)46)47(60)31-54-30-35-11-15-42(16-12-35)58-27-21-37(22-28-58)34-65-52(62)40-13-9-36(10-14-40)33-64-43-8-4-7-41(29-43)50(39-5-2-1-3-6-39)56-53(63)66-48-32-57-25-23-38(48)24-26-57/h1-20,29,37-38,47-48,50,54,59-60H,21-28,30-34H2,(H,55,61)(H,56,63)/t47?,48?,50-/m0/s1. The number of carbonyl (C=O) groups is 2. The molecule has 5 heterocycles. The highest BCUT2D eigenvalue weighted by Gasteiger charge is 2.37. The van der Waals surface area contributed by atoms with Crippen LogP contribution in [0.4, 0.5) is 10.5 Å². The van der Waals surface area contributed by atoms with Crippen LogP contribution in [0.3, 0.4) is 0 Å². The molecular formula is C53H57N5O8. The zero-order chi connectivity index (χ0) is 45.4. The van der Waals surface area contributed by atoms with Crippen molar-refractivity contribution in [2.24, 2.45) is 11.8 Å². The number of nitrogens with one attached hydrogen (secondary N) is 3. The number of benzene rings is 5. The molecule has 0 spiro atoms. The summed E-state index contributed by atoms with van der Waals surface area (Å²) in [6, 6.07) is 39.1. The van der Waals surface area contributed by atoms with Gasteiger partial charge in [0, 0.05) is 49.9 Å². The number of nitrogens with zero attached hydrogens (tertiary/aromatic N) is 2. The number of ether oxygens (including phenoxy) is 3. The minimum Gasteiger partial charge on any atom is -0.506 e. The van der Waals surface area contributed by atoms with Gasteiger partial charge in [-0.1, -0.05) is 72.8 Å². The third-order valence-corrected chi connectivity index (χ3v) is 13.3. The fraction of sp³-hybridized carbons (Fsp3) is 0.340. The molecule has 1 aromatic heterocycles. The number of phenols is 1. The summed E-state index contributed by atoms with van der Waals surface area (Å²) in [5, 5.41) is 28.1. The SMILES string of the molecule is O=C(N[C@@H](c1ccccc1)c1cccc(OCc2ccc(C(=O)OCC3CCN(c4ccc(CNCC(O)c5ccc(O)c6[nH]c(=O)ccc56)cc4)CC3)cc2)c1)OC1CN2CCC1CC2. The molecule has 4 fully saturated rings. The first-order valence-electron chi connectivity index (χ1n) is 23.0. The van der Waals surface area contributed by atoms with Gasteiger partial charge in [0.2, 0.25) is 5.56 Å². The molecule has 0 saturated carbocycles. The van der Waals surface area contributed by atoms with Gasteiger partial charge in [-0.25, -0.2) is 9.59 Å². The summed E-state index contributed by atoms with van der Waals surface area (Å²) in [5.74, 6) is 0.988. The van der Waals surface area contributed by atoms with Crippen LogP contribution in [0.1, 0.15) is 76.0 Å². The Balaban J connectivity index is 0.702. The Morgan fingerprint density at radius 1 is 0.788 bits per heavy atom. The minimum atomic E-state index is -0.828. The minimum absolute atomic E-state index is 0.0375. The molecule has 342 valence electrons. The Morgan fingerprint density at radius 3 is 2.27 bits per heavy atom. The van der Waals surface area contributed by atoms with Gasteiger partial charge in [-0.15, -0.1) is 0 Å². The van der Waals surface area contributed by atoms with E-state index in [-0.39, 0.29) is 29.3 Å². The number of anilines is 1. The van der Waals surface area contributed by atoms with Gasteiger partial charge in [-0.05, 0) is 127 Å². The van der Waals surface area contributed by atoms with Gasteiger partial charge in [0.15, 0.2) is 0 Å². The first kappa shape index (κ1) is 44.5. The highest BCUT2D eigenvalue weighted by atomic mass is 16.6. The van der Waals surface area contributed by atoms with Gasteiger partial charge < -0.3 is 44.9 Å². The van der Waals surface area contributed by atoms with Crippen LogP contribution >= 0.6 is 0 Å². The van der Waals surface area contributed by atoms with E-state index in [1.165, 1.54) is 12.1 Å². The number of esters is 1. The largest absolute Gasteiger partial charge is 0.506 e. The van der Waals surface area contributed by atoms with E-state index in [9.17, 15) is 24.6 Å². The Morgan fingerprint density at radius 2 is 1.53 bits per heavy atom. The van der Waals surface area contributed by atoms with Crippen molar-refractivity contribution < 1.29 is 34.0 Å². The maximum Gasteiger partial charge on any atom is 0.408 e. The molecule has 4 aliphatic rings. The average molecular weight is 892 g/mol. The van der Waals surface area contributed by atoms with Crippen LogP contribution in [0, 0.1) is 11.8 Å². The number of aliphatic hydroxyl groups is 1. The molecule has 6 aromatic rings. The molecule has 3 atom stereocenters. The van der Waals surface area contributed by atoms with Crippen molar-refractivity contribution in [2.45, 2.75) is 57.1 Å². The van der Waals surface area contributed by atoms with Crippen molar-refractivity contribution in [1.82, 2.24) is 20.5 Å². The molecule has 1 amide bonds. The summed E-state index contributed by atoms with van der Waals surface area (Å²) in [6.45, 7) is 6.23. The predicted octanol–water partition coefficient (Wildman–Crippen LogP) is 7.62. The second-order valence-electron chi connectivity index (χ2n) is 17.8. The number of piperidine rings is 4. The summed E-state index contributed by atoms with van der Waals surface area (Å²) >= 11 is 0. The van der Waals surface area contributed by atoms with Gasteiger partial charge >= 0.3 is 12.1 Å². The number of pyridine rings is 1. The van der Waals surface area contributed by atoms with E-state index in [1.807, 2.05) is 66.7 Å². The van der Waals surface area contributed by atoms with E-state index in [0.717, 1.165) is 86.3 Å². The van der Waals surface area contributed by atoms with E-state index in [4.69, 9.17) is 14.2 Å². The van der Waals surface area contributed by atoms with Crippen LogP contribution in [0.15, 0.2) is 132 Å². The van der Waals surface area contributed by atoms with Crippen molar-refractivity contribution in [2.75, 3.05) is 50.8 Å². The van der Waals surface area contributed by atoms with Crippen molar-refractivity contribution in [3.8, 4) is 11.5 Å². The van der Waals surface area contributed by atoms with Crippen LogP contribution in [-0.2, 0) is 22.6 Å². The fourth-order valence-electron chi connectivity index (χ4n) is 9.50. The van der Waals surface area contributed by atoms with Crippen molar-refractivity contribution in [3.63, 3.8) is 0 Å². The lowest BCUT2D eigenvalue weighted by Gasteiger charge is -2.43. The molecule has 5 N–H and O–H groups in total. The molecule has 13 nitrogen and oxygen atoms in total. The molecule has 13 heteroatoms. The fourth-order valence-corrected chi connectivity index (χ4v) is 9.50. The van der Waals surface area contributed by atoms with Crippen LogP contribution in [0.2, 0.25) is 0 Å². The number of rotatable bonds is 16. The molecule has 2 unspecified atom stereocenters. The number of aromatic amines is 1. The van der Waals surface area contributed by atoms with Gasteiger partial charge in [0.25, 0.3) is 0 Å². The first-order valence-corrected chi connectivity index (χ1v) is 23.0. The lowest BCUT2D eigenvalue weighted by atomic mass is 9.86. The number of amides is 1. The van der Waals surface area contributed by atoms with Crippen molar-refractivity contribution in [1.29, 1.82) is 0 Å². The number of hydrogen-bond acceptors (Lipinski definition) is 11. The molecule has 10 rings (SSSR count). The molecule has 4 aliphatic heterocycles. The number of carbonyl (C=O) groups excluding carboxylic acids is 2. The predicted molar refractivity (Wildman–Crippen MR) is 253 cm³/mol. The third-order valence-electron chi connectivity index (χ3n) is 13.3. The number of hydrogen-bond donors (Lipinski definition) is 5. The molecule has 4 saturated heterocycles. The number of fused-ring (bicyclic) bond motifs is 4. The number of aliphatic hydroxyl groups excluding tert-OH is 1. The second-order valence-corrected chi connectivity index (χ2v) is 17.8. The third kappa shape index (κ3) is 10.9. The van der Waals surface area contributed by atoms with Crippen molar-refractivity contribution in [3.05, 3.63) is 171 Å². The Hall–Kier alpha value is -6.67. The molecule has 2 bridgehead atoms. The number of H-pyrrole nitrogens is 1. The summed E-state index contributed by atoms with van der Waals surface area (Å²) in [7, 11) is 0. The monoisotopic (exact) mass is 891 g/mol. The maximum atomic E-state index is 13.3. The van der Waals surface area contributed by atoms with E-state index in [1.54, 1.807) is 24.3 Å². The molecule has 5 aromatic carbocycles. The van der Waals surface area contributed by atoms with Crippen LogP contribution in [-0.4, -0.2) is 84.1 Å². The van der Waals surface area contributed by atoms with Gasteiger partial charge in [-0.2, -0.15) is 0 Å². The summed E-state index contributed by atoms with van der Waals surface area (Å²) in [5.41, 5.74) is 6.07. The van der Waals surface area contributed by atoms with E-state index >= 15 is 0 Å². The van der Waals surface area contributed by atoms with E-state index in [0.29, 0.717) is 60.0 Å². The maximum absolute atomic E-state index is 13.3. The molecule has 0 aliphatic carbocycles. The Labute approximate surface area is 384 Å². The summed E-state index contributed by atoms with van der Waals surface area (Å²) in [4.78, 5) is 45.4. The number of aromatic hydroxyl groups is 1. The van der Waals surface area contributed by atoms with Crippen LogP contribution in [0.25, 0.3) is 10.9 Å². The van der Waals surface area contributed by atoms with Gasteiger partial charge in [0.1, 0.15) is 24.2 Å². The quantitative estimate of drug-likeness (QED) is 0.0608. The smallest absolute Gasteiger partial charge is 0.408 e. The number of alkyl carbamates (subject to hydrolysis) is 1. The number of aromatic nitrogens is 1. The molecule has 0 radical (unpaired) electrons. The lowest BCUT2D eigenvalue weighted by molar-refractivity contribution is -0.0336. The van der Waals surface area contributed by atoms with Crippen molar-refractivity contribution >= 4 is 28.7 Å². The Kier molecular flexibility index (Phi) is 13.9. The van der Waals surface area contributed by atoms with E-state index in [2.05, 4.69) is 49.7 Å². The van der Waals surface area contributed by atoms with Crippen LogP contribution in [0.5, 0.6) is 11.5 Å². The first-order chi connectivity index (χ1) is 32.2. The molecule has 66 heavy (non-hydrogen) atoms. The van der Waals surface area contributed by atoms with Gasteiger partial charge in [0.05, 0.1) is 29.8 Å². The van der Waals surface area contributed by atoms with Crippen LogP contribution < -0.4 is 25.8 Å². The summed E-state index contributed by atoms with van der Waals surface area (Å²) < 4.78 is 18.0. The zero-order valence-corrected chi connectivity index (χ0v) is 36.9. The van der Waals surface area contributed by atoms with Gasteiger partial charge in [-0.3, -0.25) is 9.69 Å². The average Bonchev–Trinajstić information content (AvgIpc) is 3.36. The normalized spacial score (nSPS) is 19.2. The van der Waals surface area contributed by atoms with E-state index < -0.39 is 18.2 Å².